The molecule has 0 bridgehead atoms. The number of carbonyl (C=O) groups is 1. The van der Waals surface area contributed by atoms with E-state index < -0.39 is 0 Å². The van der Waals surface area contributed by atoms with Gasteiger partial charge in [-0.1, -0.05) is 41.4 Å². The smallest absolute Gasteiger partial charge is 0.261 e. The van der Waals surface area contributed by atoms with E-state index in [-0.39, 0.29) is 11.0 Å². The van der Waals surface area contributed by atoms with Gasteiger partial charge in [0.1, 0.15) is 11.3 Å². The number of thiocarbonyl (C=S) groups is 1. The van der Waals surface area contributed by atoms with Crippen molar-refractivity contribution in [1.29, 1.82) is 0 Å². The van der Waals surface area contributed by atoms with Crippen LogP contribution in [0.1, 0.15) is 10.4 Å². The van der Waals surface area contributed by atoms with Gasteiger partial charge >= 0.3 is 0 Å². The molecule has 0 fully saturated rings. The van der Waals surface area contributed by atoms with Crippen molar-refractivity contribution in [3.8, 4) is 17.2 Å². The van der Waals surface area contributed by atoms with E-state index >= 15 is 0 Å². The van der Waals surface area contributed by atoms with Crippen LogP contribution in [0.2, 0.25) is 10.0 Å². The third-order valence-corrected chi connectivity index (χ3v) is 5.06. The van der Waals surface area contributed by atoms with Gasteiger partial charge in [-0.2, -0.15) is 0 Å². The molecule has 6 nitrogen and oxygen atoms in total. The van der Waals surface area contributed by atoms with Gasteiger partial charge in [-0.3, -0.25) is 10.1 Å². The molecule has 0 radical (unpaired) electrons. The quantitative estimate of drug-likeness (QED) is 0.358. The Labute approximate surface area is 193 Å². The van der Waals surface area contributed by atoms with Crippen LogP contribution in [-0.4, -0.2) is 23.1 Å². The predicted molar refractivity (Wildman–Crippen MR) is 126 cm³/mol. The molecule has 4 rings (SSSR count). The molecule has 156 valence electrons. The van der Waals surface area contributed by atoms with Crippen LogP contribution in [0.5, 0.6) is 5.75 Å². The summed E-state index contributed by atoms with van der Waals surface area (Å²) < 4.78 is 11.0. The number of benzene rings is 3. The minimum Gasteiger partial charge on any atom is -0.496 e. The van der Waals surface area contributed by atoms with Crippen molar-refractivity contribution in [3.63, 3.8) is 0 Å². The second-order valence-electron chi connectivity index (χ2n) is 6.44. The number of nitrogens with zero attached hydrogens (tertiary/aromatic N) is 1. The number of fused-ring (bicyclic) bond motifs is 1. The average molecular weight is 472 g/mol. The maximum absolute atomic E-state index is 12.5. The Morgan fingerprint density at radius 2 is 1.90 bits per heavy atom. The van der Waals surface area contributed by atoms with Gasteiger partial charge in [0.2, 0.25) is 5.89 Å². The summed E-state index contributed by atoms with van der Waals surface area (Å²) in [6.07, 6.45) is 0. The molecule has 0 saturated heterocycles. The Kier molecular flexibility index (Phi) is 6.08. The SMILES string of the molecule is COc1ccccc1C(=O)NC(=S)Nc1cccc(-c2nc3cc(Cl)cc(Cl)c3o2)c1. The number of amides is 1. The van der Waals surface area contributed by atoms with Gasteiger partial charge in [0.25, 0.3) is 5.91 Å². The lowest BCUT2D eigenvalue weighted by Gasteiger charge is -2.12. The Bertz CT molecular complexity index is 1310. The fourth-order valence-electron chi connectivity index (χ4n) is 2.98. The van der Waals surface area contributed by atoms with Crippen LogP contribution in [0.4, 0.5) is 5.69 Å². The number of para-hydroxylation sites is 1. The number of halogens is 2. The van der Waals surface area contributed by atoms with E-state index in [2.05, 4.69) is 15.6 Å². The molecule has 1 aromatic heterocycles. The van der Waals surface area contributed by atoms with E-state index in [0.717, 1.165) is 0 Å². The largest absolute Gasteiger partial charge is 0.496 e. The van der Waals surface area contributed by atoms with Gasteiger partial charge in [-0.25, -0.2) is 4.98 Å². The summed E-state index contributed by atoms with van der Waals surface area (Å²) in [6.45, 7) is 0. The molecule has 0 saturated carbocycles. The van der Waals surface area contributed by atoms with E-state index in [1.807, 2.05) is 12.1 Å². The van der Waals surface area contributed by atoms with Crippen molar-refractivity contribution >= 4 is 63.2 Å². The molecule has 31 heavy (non-hydrogen) atoms. The molecular weight excluding hydrogens is 457 g/mol. The van der Waals surface area contributed by atoms with E-state index in [1.54, 1.807) is 48.5 Å². The minimum absolute atomic E-state index is 0.139. The Balaban J connectivity index is 1.52. The predicted octanol–water partition coefficient (Wildman–Crippen LogP) is 5.94. The van der Waals surface area contributed by atoms with Gasteiger partial charge in [0, 0.05) is 16.3 Å². The molecule has 0 atom stereocenters. The summed E-state index contributed by atoms with van der Waals surface area (Å²) in [5.41, 5.74) is 2.75. The number of hydrogen-bond donors (Lipinski definition) is 2. The number of aromatic nitrogens is 1. The second kappa shape index (κ2) is 8.93. The van der Waals surface area contributed by atoms with Crippen molar-refractivity contribution in [2.45, 2.75) is 0 Å². The zero-order valence-electron chi connectivity index (χ0n) is 16.1. The molecule has 0 spiro atoms. The van der Waals surface area contributed by atoms with Crippen molar-refractivity contribution in [1.82, 2.24) is 10.3 Å². The van der Waals surface area contributed by atoms with Gasteiger partial charge in [0.05, 0.1) is 17.7 Å². The normalized spacial score (nSPS) is 10.7. The van der Waals surface area contributed by atoms with Crippen molar-refractivity contribution in [2.24, 2.45) is 0 Å². The van der Waals surface area contributed by atoms with Crippen molar-refractivity contribution in [2.75, 3.05) is 12.4 Å². The Hall–Kier alpha value is -3.13. The first kappa shape index (κ1) is 21.1. The van der Waals surface area contributed by atoms with Gasteiger partial charge in [-0.05, 0) is 54.7 Å². The number of anilines is 1. The summed E-state index contributed by atoms with van der Waals surface area (Å²) in [6, 6.07) is 17.4. The third kappa shape index (κ3) is 4.64. The zero-order chi connectivity index (χ0) is 22.0. The van der Waals surface area contributed by atoms with Crippen LogP contribution in [0.15, 0.2) is 65.1 Å². The first-order valence-corrected chi connectivity index (χ1v) is 10.2. The third-order valence-electron chi connectivity index (χ3n) is 4.36. The minimum atomic E-state index is -0.378. The summed E-state index contributed by atoms with van der Waals surface area (Å²) in [7, 11) is 1.50. The summed E-state index contributed by atoms with van der Waals surface area (Å²) in [5.74, 6) is 0.461. The highest BCUT2D eigenvalue weighted by Crippen LogP contribution is 2.32. The van der Waals surface area contributed by atoms with Gasteiger partial charge in [0.15, 0.2) is 10.7 Å². The maximum atomic E-state index is 12.5. The van der Waals surface area contributed by atoms with E-state index in [1.165, 1.54) is 7.11 Å². The molecule has 9 heteroatoms. The molecule has 4 aromatic rings. The van der Waals surface area contributed by atoms with Gasteiger partial charge < -0.3 is 14.5 Å². The van der Waals surface area contributed by atoms with E-state index in [4.69, 9.17) is 44.6 Å². The summed E-state index contributed by atoms with van der Waals surface area (Å²) >= 11 is 17.5. The molecule has 1 heterocycles. The van der Waals surface area contributed by atoms with Crippen LogP contribution in [0.3, 0.4) is 0 Å². The van der Waals surface area contributed by atoms with Crippen LogP contribution in [-0.2, 0) is 0 Å². The van der Waals surface area contributed by atoms with Crippen molar-refractivity contribution < 1.29 is 13.9 Å². The number of nitrogens with one attached hydrogen (secondary N) is 2. The second-order valence-corrected chi connectivity index (χ2v) is 7.70. The van der Waals surface area contributed by atoms with Crippen molar-refractivity contribution in [3.05, 3.63) is 76.3 Å². The number of hydrogen-bond acceptors (Lipinski definition) is 5. The topological polar surface area (TPSA) is 76.4 Å². The maximum Gasteiger partial charge on any atom is 0.261 e. The highest BCUT2D eigenvalue weighted by molar-refractivity contribution is 7.80. The Morgan fingerprint density at radius 3 is 2.71 bits per heavy atom. The molecule has 0 aliphatic heterocycles. The average Bonchev–Trinajstić information content (AvgIpc) is 3.18. The number of methoxy groups -OCH3 is 1. The summed E-state index contributed by atoms with van der Waals surface area (Å²) in [4.78, 5) is 17.0. The molecule has 0 aliphatic carbocycles. The number of carbonyl (C=O) groups excluding carboxylic acids is 1. The summed E-state index contributed by atoms with van der Waals surface area (Å²) in [5, 5.41) is 6.63. The molecular formula is C22H15Cl2N3O3S. The lowest BCUT2D eigenvalue weighted by atomic mass is 10.2. The molecule has 3 aromatic carbocycles. The number of oxazole rings is 1. The lowest BCUT2D eigenvalue weighted by Crippen LogP contribution is -2.34. The zero-order valence-corrected chi connectivity index (χ0v) is 18.4. The highest BCUT2D eigenvalue weighted by atomic mass is 35.5. The lowest BCUT2D eigenvalue weighted by molar-refractivity contribution is 0.0975. The fourth-order valence-corrected chi connectivity index (χ4v) is 3.71. The standard InChI is InChI=1S/C22H15Cl2N3O3S/c1-29-18-8-3-2-7-15(18)20(28)27-22(31)25-14-6-4-5-12(9-14)21-26-17-11-13(23)10-16(24)19(17)30-21/h2-11H,1H3,(H2,25,27,28,31). The first-order chi connectivity index (χ1) is 14.9. The Morgan fingerprint density at radius 1 is 1.10 bits per heavy atom. The van der Waals surface area contributed by atoms with E-state index in [9.17, 15) is 4.79 Å². The fraction of sp³-hybridized carbons (Fsp3) is 0.0455. The highest BCUT2D eigenvalue weighted by Gasteiger charge is 2.15. The molecule has 0 unspecified atom stereocenters. The van der Waals surface area contributed by atoms with Crippen LogP contribution >= 0.6 is 35.4 Å². The van der Waals surface area contributed by atoms with Crippen LogP contribution < -0.4 is 15.4 Å². The first-order valence-electron chi connectivity index (χ1n) is 9.06. The molecule has 2 N–H and O–H groups in total. The van der Waals surface area contributed by atoms with E-state index in [0.29, 0.717) is 49.6 Å². The molecule has 1 amide bonds. The van der Waals surface area contributed by atoms with Crippen LogP contribution in [0, 0.1) is 0 Å². The number of rotatable bonds is 4. The van der Waals surface area contributed by atoms with Gasteiger partial charge in [-0.15, -0.1) is 0 Å². The molecule has 0 aliphatic rings. The monoisotopic (exact) mass is 471 g/mol. The van der Waals surface area contributed by atoms with Crippen LogP contribution in [0.25, 0.3) is 22.6 Å². The number of ether oxygens (including phenoxy) is 1.